The first-order valence-electron chi connectivity index (χ1n) is 8.88. The third kappa shape index (κ3) is 4.66. The molecule has 3 rings (SSSR count). The minimum absolute atomic E-state index is 0.162. The van der Waals surface area contributed by atoms with Crippen LogP contribution < -0.4 is 0 Å². The topological polar surface area (TPSA) is 68.5 Å². The van der Waals surface area contributed by atoms with Gasteiger partial charge in [-0.3, -0.25) is 9.69 Å². The average Bonchev–Trinajstić information content (AvgIpc) is 3.13. The average molecular weight is 343 g/mol. The van der Waals surface area contributed by atoms with Crippen molar-refractivity contribution in [1.82, 2.24) is 15.0 Å². The summed E-state index contributed by atoms with van der Waals surface area (Å²) in [4.78, 5) is 18.3. The number of esters is 1. The molecule has 1 aliphatic rings. The number of hydrogen-bond donors (Lipinski definition) is 0. The smallest absolute Gasteiger partial charge is 0.306 e. The van der Waals surface area contributed by atoms with Gasteiger partial charge in [0.1, 0.15) is 0 Å². The standard InChI is InChI=1S/C19H25N3O3/c1-14(11-17(23)24-2)19-20-18(21-25-19)16-8-6-7-15(12-16)13-22-9-4-3-5-10-22/h6-8,12,14H,3-5,9-11,13H2,1-2H3. The van der Waals surface area contributed by atoms with Crippen molar-refractivity contribution in [1.29, 1.82) is 0 Å². The zero-order valence-electron chi connectivity index (χ0n) is 14.9. The highest BCUT2D eigenvalue weighted by molar-refractivity contribution is 5.70. The van der Waals surface area contributed by atoms with Crippen LogP contribution in [0.2, 0.25) is 0 Å². The highest BCUT2D eigenvalue weighted by Crippen LogP contribution is 2.23. The monoisotopic (exact) mass is 343 g/mol. The fourth-order valence-electron chi connectivity index (χ4n) is 3.16. The Balaban J connectivity index is 1.69. The maximum Gasteiger partial charge on any atom is 0.306 e. The van der Waals surface area contributed by atoms with E-state index in [1.165, 1.54) is 45.0 Å². The molecule has 0 radical (unpaired) electrons. The van der Waals surface area contributed by atoms with E-state index in [2.05, 4.69) is 31.9 Å². The van der Waals surface area contributed by atoms with Gasteiger partial charge >= 0.3 is 5.97 Å². The molecule has 0 aliphatic carbocycles. The summed E-state index contributed by atoms with van der Waals surface area (Å²) >= 11 is 0. The lowest BCUT2D eigenvalue weighted by molar-refractivity contribution is -0.141. The lowest BCUT2D eigenvalue weighted by Gasteiger charge is -2.26. The van der Waals surface area contributed by atoms with E-state index in [0.29, 0.717) is 11.7 Å². The minimum atomic E-state index is -0.282. The number of likely N-dealkylation sites (tertiary alicyclic amines) is 1. The normalized spacial score (nSPS) is 16.6. The SMILES string of the molecule is COC(=O)CC(C)c1nc(-c2cccc(CN3CCCCC3)c2)no1. The van der Waals surface area contributed by atoms with Crippen LogP contribution >= 0.6 is 0 Å². The van der Waals surface area contributed by atoms with Crippen LogP contribution in [0.4, 0.5) is 0 Å². The molecule has 6 heteroatoms. The number of ether oxygens (including phenoxy) is 1. The number of nitrogens with zero attached hydrogens (tertiary/aromatic N) is 3. The van der Waals surface area contributed by atoms with Gasteiger partial charge in [-0.05, 0) is 37.6 Å². The molecule has 0 bridgehead atoms. The second-order valence-corrected chi connectivity index (χ2v) is 6.67. The summed E-state index contributed by atoms with van der Waals surface area (Å²) in [6, 6.07) is 8.27. The summed E-state index contributed by atoms with van der Waals surface area (Å²) in [7, 11) is 1.38. The Hall–Kier alpha value is -2.21. The van der Waals surface area contributed by atoms with Gasteiger partial charge in [-0.15, -0.1) is 0 Å². The lowest BCUT2D eigenvalue weighted by atomic mass is 10.1. The Bertz CT molecular complexity index is 707. The minimum Gasteiger partial charge on any atom is -0.469 e. The van der Waals surface area contributed by atoms with E-state index in [1.807, 2.05) is 19.1 Å². The Kier molecular flexibility index (Phi) is 5.81. The highest BCUT2D eigenvalue weighted by atomic mass is 16.5. The Morgan fingerprint density at radius 1 is 1.32 bits per heavy atom. The van der Waals surface area contributed by atoms with Crippen LogP contribution in [0.3, 0.4) is 0 Å². The van der Waals surface area contributed by atoms with Crippen LogP contribution in [0.25, 0.3) is 11.4 Å². The first-order valence-corrected chi connectivity index (χ1v) is 8.88. The molecule has 0 saturated carbocycles. The number of piperidine rings is 1. The highest BCUT2D eigenvalue weighted by Gasteiger charge is 2.19. The van der Waals surface area contributed by atoms with Crippen molar-refractivity contribution in [2.24, 2.45) is 0 Å². The molecule has 1 unspecified atom stereocenters. The fourth-order valence-corrected chi connectivity index (χ4v) is 3.16. The van der Waals surface area contributed by atoms with Gasteiger partial charge in [0.2, 0.25) is 11.7 Å². The van der Waals surface area contributed by atoms with Crippen LogP contribution in [0.5, 0.6) is 0 Å². The number of aromatic nitrogens is 2. The Morgan fingerprint density at radius 2 is 2.12 bits per heavy atom. The fraction of sp³-hybridized carbons (Fsp3) is 0.526. The molecule has 1 aromatic heterocycles. The molecule has 0 spiro atoms. The maximum atomic E-state index is 11.4. The summed E-state index contributed by atoms with van der Waals surface area (Å²) in [5, 5.41) is 4.08. The molecule has 1 aliphatic heterocycles. The third-order valence-electron chi connectivity index (χ3n) is 4.60. The maximum absolute atomic E-state index is 11.4. The number of rotatable bonds is 6. The summed E-state index contributed by atoms with van der Waals surface area (Å²) in [5.74, 6) is 0.579. The Morgan fingerprint density at radius 3 is 2.88 bits per heavy atom. The summed E-state index contributed by atoms with van der Waals surface area (Å²) < 4.78 is 10.0. The summed E-state index contributed by atoms with van der Waals surface area (Å²) in [6.07, 6.45) is 4.14. The van der Waals surface area contributed by atoms with E-state index in [-0.39, 0.29) is 18.3 Å². The molecule has 2 heterocycles. The summed E-state index contributed by atoms with van der Waals surface area (Å²) in [5.41, 5.74) is 2.20. The molecule has 1 aromatic carbocycles. The molecule has 6 nitrogen and oxygen atoms in total. The van der Waals surface area contributed by atoms with Crippen LogP contribution in [0.15, 0.2) is 28.8 Å². The first kappa shape index (κ1) is 17.6. The lowest BCUT2D eigenvalue weighted by Crippen LogP contribution is -2.29. The van der Waals surface area contributed by atoms with Gasteiger partial charge in [-0.1, -0.05) is 36.7 Å². The van der Waals surface area contributed by atoms with Gasteiger partial charge in [-0.2, -0.15) is 4.98 Å². The largest absolute Gasteiger partial charge is 0.469 e. The van der Waals surface area contributed by atoms with Gasteiger partial charge < -0.3 is 9.26 Å². The molecular formula is C19H25N3O3. The van der Waals surface area contributed by atoms with Crippen LogP contribution in [-0.2, 0) is 16.1 Å². The van der Waals surface area contributed by atoms with Crippen molar-refractivity contribution in [3.63, 3.8) is 0 Å². The molecule has 1 saturated heterocycles. The quantitative estimate of drug-likeness (QED) is 0.749. The Labute approximate surface area is 148 Å². The number of carbonyl (C=O) groups excluding carboxylic acids is 1. The van der Waals surface area contributed by atoms with E-state index >= 15 is 0 Å². The van der Waals surface area contributed by atoms with Gasteiger partial charge in [0, 0.05) is 18.0 Å². The number of benzene rings is 1. The van der Waals surface area contributed by atoms with E-state index in [1.54, 1.807) is 0 Å². The predicted octanol–water partition coefficient (Wildman–Crippen LogP) is 3.39. The zero-order chi connectivity index (χ0) is 17.6. The van der Waals surface area contributed by atoms with Crippen molar-refractivity contribution in [3.8, 4) is 11.4 Å². The molecule has 25 heavy (non-hydrogen) atoms. The summed E-state index contributed by atoms with van der Waals surface area (Å²) in [6.45, 7) is 5.17. The number of methoxy groups -OCH3 is 1. The van der Waals surface area contributed by atoms with Gasteiger partial charge in [0.15, 0.2) is 0 Å². The predicted molar refractivity (Wildman–Crippen MR) is 93.9 cm³/mol. The number of hydrogen-bond acceptors (Lipinski definition) is 6. The second-order valence-electron chi connectivity index (χ2n) is 6.67. The van der Waals surface area contributed by atoms with Gasteiger partial charge in [-0.25, -0.2) is 0 Å². The third-order valence-corrected chi connectivity index (χ3v) is 4.60. The molecule has 1 fully saturated rings. The van der Waals surface area contributed by atoms with Crippen molar-refractivity contribution < 1.29 is 14.1 Å². The van der Waals surface area contributed by atoms with E-state index in [0.717, 1.165) is 12.1 Å². The zero-order valence-corrected chi connectivity index (χ0v) is 14.9. The van der Waals surface area contributed by atoms with Crippen molar-refractivity contribution in [2.75, 3.05) is 20.2 Å². The first-order chi connectivity index (χ1) is 12.2. The van der Waals surface area contributed by atoms with Crippen molar-refractivity contribution >= 4 is 5.97 Å². The van der Waals surface area contributed by atoms with Crippen LogP contribution in [-0.4, -0.2) is 41.2 Å². The van der Waals surface area contributed by atoms with Crippen LogP contribution in [0, 0.1) is 0 Å². The van der Waals surface area contributed by atoms with E-state index in [9.17, 15) is 4.79 Å². The molecule has 0 amide bonds. The molecule has 134 valence electrons. The van der Waals surface area contributed by atoms with Crippen molar-refractivity contribution in [2.45, 2.75) is 45.1 Å². The van der Waals surface area contributed by atoms with Crippen LogP contribution in [0.1, 0.15) is 50.0 Å². The second kappa shape index (κ2) is 8.25. The van der Waals surface area contributed by atoms with Gasteiger partial charge in [0.25, 0.3) is 0 Å². The van der Waals surface area contributed by atoms with Gasteiger partial charge in [0.05, 0.1) is 13.5 Å². The molecular weight excluding hydrogens is 318 g/mol. The molecule has 2 aromatic rings. The van der Waals surface area contributed by atoms with Crippen molar-refractivity contribution in [3.05, 3.63) is 35.7 Å². The molecule has 1 atom stereocenters. The van der Waals surface area contributed by atoms with E-state index in [4.69, 9.17) is 4.52 Å². The number of carbonyl (C=O) groups is 1. The van der Waals surface area contributed by atoms with E-state index < -0.39 is 0 Å². The molecule has 0 N–H and O–H groups in total.